The van der Waals surface area contributed by atoms with Gasteiger partial charge in [-0.05, 0) is 30.5 Å². The fraction of sp³-hybridized carbons (Fsp3) is 0.316. The number of fused-ring (bicyclic) bond motifs is 2. The number of nitrogens with zero attached hydrogens (tertiary/aromatic N) is 4. The number of halogens is 1. The second-order valence-corrected chi connectivity index (χ2v) is 6.90. The van der Waals surface area contributed by atoms with Crippen LogP contribution in [0.15, 0.2) is 41.5 Å². The van der Waals surface area contributed by atoms with Gasteiger partial charge in [-0.25, -0.2) is 14.2 Å². The SMILES string of the molecule is CC(C)CCn1c(Cn2c(=O)[nH]c3ccncc32)nc2cc(F)ccc21. The van der Waals surface area contributed by atoms with Crippen molar-refractivity contribution in [3.8, 4) is 0 Å². The molecule has 1 aromatic carbocycles. The number of aromatic amines is 1. The van der Waals surface area contributed by atoms with Gasteiger partial charge in [0.15, 0.2) is 0 Å². The zero-order chi connectivity index (χ0) is 18.3. The molecule has 0 spiro atoms. The molecule has 0 unspecified atom stereocenters. The molecule has 0 bridgehead atoms. The van der Waals surface area contributed by atoms with E-state index in [2.05, 4.69) is 33.4 Å². The van der Waals surface area contributed by atoms with Gasteiger partial charge in [0.2, 0.25) is 0 Å². The molecule has 26 heavy (non-hydrogen) atoms. The van der Waals surface area contributed by atoms with Crippen LogP contribution in [-0.4, -0.2) is 24.1 Å². The predicted octanol–water partition coefficient (Wildman–Crippen LogP) is 3.31. The largest absolute Gasteiger partial charge is 0.326 e. The molecule has 0 radical (unpaired) electrons. The highest BCUT2D eigenvalue weighted by Gasteiger charge is 2.15. The molecule has 3 aromatic heterocycles. The van der Waals surface area contributed by atoms with Gasteiger partial charge in [-0.15, -0.1) is 0 Å². The molecule has 1 N–H and O–H groups in total. The van der Waals surface area contributed by atoms with Crippen molar-refractivity contribution in [3.63, 3.8) is 0 Å². The Kier molecular flexibility index (Phi) is 4.06. The van der Waals surface area contributed by atoms with Crippen molar-refractivity contribution in [3.05, 3.63) is 58.8 Å². The van der Waals surface area contributed by atoms with Gasteiger partial charge >= 0.3 is 5.69 Å². The van der Waals surface area contributed by atoms with Crippen LogP contribution in [0, 0.1) is 11.7 Å². The van der Waals surface area contributed by atoms with Crippen LogP contribution in [0.4, 0.5) is 4.39 Å². The number of aromatic nitrogens is 5. The summed E-state index contributed by atoms with van der Waals surface area (Å²) in [6.07, 6.45) is 4.28. The van der Waals surface area contributed by atoms with E-state index in [1.54, 1.807) is 29.1 Å². The molecule has 4 rings (SSSR count). The third-order valence-electron chi connectivity index (χ3n) is 4.60. The van der Waals surface area contributed by atoms with Crippen LogP contribution < -0.4 is 5.69 Å². The van der Waals surface area contributed by atoms with E-state index in [0.717, 1.165) is 35.3 Å². The summed E-state index contributed by atoms with van der Waals surface area (Å²) in [5, 5.41) is 0. The number of benzene rings is 1. The Balaban J connectivity index is 1.83. The lowest BCUT2D eigenvalue weighted by molar-refractivity contribution is 0.507. The minimum Gasteiger partial charge on any atom is -0.326 e. The highest BCUT2D eigenvalue weighted by molar-refractivity contribution is 5.76. The molecule has 0 fully saturated rings. The predicted molar refractivity (Wildman–Crippen MR) is 98.6 cm³/mol. The summed E-state index contributed by atoms with van der Waals surface area (Å²) in [6.45, 7) is 5.39. The van der Waals surface area contributed by atoms with E-state index in [1.165, 1.54) is 12.1 Å². The first-order valence-electron chi connectivity index (χ1n) is 8.70. The summed E-state index contributed by atoms with van der Waals surface area (Å²) in [5.41, 5.74) is 2.75. The van der Waals surface area contributed by atoms with Crippen LogP contribution in [0.25, 0.3) is 22.1 Å². The van der Waals surface area contributed by atoms with Crippen LogP contribution in [0.3, 0.4) is 0 Å². The molecule has 0 aliphatic rings. The van der Waals surface area contributed by atoms with Crippen LogP contribution in [0.2, 0.25) is 0 Å². The molecule has 0 aliphatic carbocycles. The van der Waals surface area contributed by atoms with E-state index in [9.17, 15) is 9.18 Å². The number of hydrogen-bond acceptors (Lipinski definition) is 3. The second-order valence-electron chi connectivity index (χ2n) is 6.90. The maximum Gasteiger partial charge on any atom is 0.326 e. The van der Waals surface area contributed by atoms with Crippen molar-refractivity contribution in [2.75, 3.05) is 0 Å². The fourth-order valence-electron chi connectivity index (χ4n) is 3.21. The Hall–Kier alpha value is -2.96. The summed E-state index contributed by atoms with van der Waals surface area (Å²) < 4.78 is 17.3. The average Bonchev–Trinajstić information content (AvgIpc) is 3.10. The molecule has 0 amide bonds. The lowest BCUT2D eigenvalue weighted by Gasteiger charge is -2.11. The molecule has 4 aromatic rings. The number of pyridine rings is 1. The van der Waals surface area contributed by atoms with Gasteiger partial charge < -0.3 is 9.55 Å². The van der Waals surface area contributed by atoms with Gasteiger partial charge in [0, 0.05) is 18.8 Å². The van der Waals surface area contributed by atoms with E-state index in [1.807, 2.05) is 0 Å². The van der Waals surface area contributed by atoms with Gasteiger partial charge in [-0.3, -0.25) is 9.55 Å². The lowest BCUT2D eigenvalue weighted by Crippen LogP contribution is -2.20. The Morgan fingerprint density at radius 1 is 1.19 bits per heavy atom. The van der Waals surface area contributed by atoms with Crippen LogP contribution >= 0.6 is 0 Å². The van der Waals surface area contributed by atoms with Crippen molar-refractivity contribution in [1.29, 1.82) is 0 Å². The minimum absolute atomic E-state index is 0.207. The van der Waals surface area contributed by atoms with E-state index in [4.69, 9.17) is 0 Å². The Labute approximate surface area is 149 Å². The standard InChI is InChI=1S/C19H20FN5O/c1-12(2)6-8-24-16-4-3-13(20)9-15(16)22-18(24)11-25-17-10-21-7-5-14(17)23-19(25)26/h3-5,7,9-10,12H,6,8,11H2,1-2H3,(H,23,26). The van der Waals surface area contributed by atoms with Crippen molar-refractivity contribution < 1.29 is 4.39 Å². The summed E-state index contributed by atoms with van der Waals surface area (Å²) in [7, 11) is 0. The fourth-order valence-corrected chi connectivity index (χ4v) is 3.21. The molecular weight excluding hydrogens is 333 g/mol. The van der Waals surface area contributed by atoms with E-state index < -0.39 is 0 Å². The number of H-pyrrole nitrogens is 1. The van der Waals surface area contributed by atoms with Crippen molar-refractivity contribution in [2.24, 2.45) is 5.92 Å². The van der Waals surface area contributed by atoms with E-state index >= 15 is 0 Å². The Morgan fingerprint density at radius 3 is 2.85 bits per heavy atom. The normalized spacial score (nSPS) is 11.8. The monoisotopic (exact) mass is 353 g/mol. The number of imidazole rings is 2. The average molecular weight is 353 g/mol. The topological polar surface area (TPSA) is 68.5 Å². The van der Waals surface area contributed by atoms with Gasteiger partial charge in [0.1, 0.15) is 11.6 Å². The smallest absolute Gasteiger partial charge is 0.326 e. The lowest BCUT2D eigenvalue weighted by atomic mass is 10.1. The molecule has 6 nitrogen and oxygen atoms in total. The maximum atomic E-state index is 13.6. The number of rotatable bonds is 5. The summed E-state index contributed by atoms with van der Waals surface area (Å²) >= 11 is 0. The van der Waals surface area contributed by atoms with Crippen molar-refractivity contribution in [2.45, 2.75) is 33.4 Å². The number of hydrogen-bond donors (Lipinski definition) is 1. The summed E-state index contributed by atoms with van der Waals surface area (Å²) in [6, 6.07) is 6.40. The van der Waals surface area contributed by atoms with E-state index in [-0.39, 0.29) is 11.5 Å². The van der Waals surface area contributed by atoms with Crippen molar-refractivity contribution >= 4 is 22.1 Å². The first-order valence-corrected chi connectivity index (χ1v) is 8.70. The molecule has 0 saturated heterocycles. The quantitative estimate of drug-likeness (QED) is 0.598. The third-order valence-corrected chi connectivity index (χ3v) is 4.60. The number of aryl methyl sites for hydroxylation is 1. The summed E-state index contributed by atoms with van der Waals surface area (Å²) in [4.78, 5) is 23.9. The first-order chi connectivity index (χ1) is 12.5. The zero-order valence-electron chi connectivity index (χ0n) is 14.7. The van der Waals surface area contributed by atoms with E-state index in [0.29, 0.717) is 18.0 Å². The van der Waals surface area contributed by atoms with Crippen molar-refractivity contribution in [1.82, 2.24) is 24.1 Å². The molecule has 7 heteroatoms. The molecule has 0 saturated carbocycles. The Morgan fingerprint density at radius 2 is 2.04 bits per heavy atom. The van der Waals surface area contributed by atoms with Gasteiger partial charge in [0.25, 0.3) is 0 Å². The molecule has 0 aliphatic heterocycles. The molecular formula is C19H20FN5O. The number of nitrogens with one attached hydrogen (secondary N) is 1. The third kappa shape index (κ3) is 2.89. The van der Waals surface area contributed by atoms with Crippen LogP contribution in [-0.2, 0) is 13.1 Å². The van der Waals surface area contributed by atoms with Gasteiger partial charge in [-0.2, -0.15) is 0 Å². The zero-order valence-corrected chi connectivity index (χ0v) is 14.7. The molecule has 3 heterocycles. The second kappa shape index (κ2) is 6.40. The van der Waals surface area contributed by atoms with Gasteiger partial charge in [-0.1, -0.05) is 13.8 Å². The van der Waals surface area contributed by atoms with Gasteiger partial charge in [0.05, 0.1) is 34.8 Å². The first kappa shape index (κ1) is 16.5. The highest BCUT2D eigenvalue weighted by atomic mass is 19.1. The highest BCUT2D eigenvalue weighted by Crippen LogP contribution is 2.20. The minimum atomic E-state index is -0.314. The van der Waals surface area contributed by atoms with Crippen LogP contribution in [0.1, 0.15) is 26.1 Å². The maximum absolute atomic E-state index is 13.6. The Bertz CT molecular complexity index is 1140. The molecule has 0 atom stereocenters. The summed E-state index contributed by atoms with van der Waals surface area (Å²) in [5.74, 6) is 0.949. The van der Waals surface area contributed by atoms with Crippen LogP contribution in [0.5, 0.6) is 0 Å². The molecule has 134 valence electrons.